The van der Waals surface area contributed by atoms with E-state index in [1.165, 1.54) is 26.5 Å². The molecule has 9 nitrogen and oxygen atoms in total. The van der Waals surface area contributed by atoms with Gasteiger partial charge in [0.25, 0.3) is 5.56 Å². The molecule has 10 heteroatoms. The van der Waals surface area contributed by atoms with E-state index in [1.54, 1.807) is 35.4 Å². The number of hydrogen-bond donors (Lipinski definition) is 1. The van der Waals surface area contributed by atoms with Crippen LogP contribution in [0.4, 0.5) is 25.4 Å². The maximum absolute atomic E-state index is 14.8. The van der Waals surface area contributed by atoms with Gasteiger partial charge in [-0.2, -0.15) is 0 Å². The van der Waals surface area contributed by atoms with Crippen LogP contribution in [0.25, 0.3) is 0 Å². The molecule has 158 valence electrons. The number of rotatable bonds is 4. The molecule has 1 aromatic carbocycles. The first kappa shape index (κ1) is 19.7. The van der Waals surface area contributed by atoms with E-state index in [4.69, 9.17) is 9.84 Å². The van der Waals surface area contributed by atoms with Gasteiger partial charge in [0.2, 0.25) is 0 Å². The van der Waals surface area contributed by atoms with E-state index in [-0.39, 0.29) is 18.6 Å². The number of halogens is 1. The van der Waals surface area contributed by atoms with Crippen molar-refractivity contribution >= 4 is 23.6 Å². The molecule has 0 bridgehead atoms. The highest BCUT2D eigenvalue weighted by Gasteiger charge is 2.33. The van der Waals surface area contributed by atoms with Crippen LogP contribution in [0.3, 0.4) is 0 Å². The van der Waals surface area contributed by atoms with Crippen molar-refractivity contribution < 1.29 is 23.8 Å². The molecule has 2 aliphatic rings. The van der Waals surface area contributed by atoms with E-state index >= 15 is 0 Å². The topological polar surface area (TPSA) is 95.3 Å². The number of hydrogen-bond acceptors (Lipinski definition) is 5. The van der Waals surface area contributed by atoms with Gasteiger partial charge in [-0.1, -0.05) is 6.07 Å². The van der Waals surface area contributed by atoms with Crippen molar-refractivity contribution in [2.75, 3.05) is 42.5 Å². The lowest BCUT2D eigenvalue weighted by Gasteiger charge is -2.34. The SMILES string of the molecule is O=C(O)N1CCN(c2ccc(N3C[C@H](Cn4ccccc4=O)OC3=O)cc2F)CC1. The number of pyridine rings is 1. The predicted molar refractivity (Wildman–Crippen MR) is 107 cm³/mol. The Morgan fingerprint density at radius 1 is 1.13 bits per heavy atom. The van der Waals surface area contributed by atoms with Crippen LogP contribution < -0.4 is 15.4 Å². The van der Waals surface area contributed by atoms with Crippen LogP contribution in [-0.2, 0) is 11.3 Å². The molecule has 2 saturated heterocycles. The predicted octanol–water partition coefficient (Wildman–Crippen LogP) is 1.81. The molecule has 0 aliphatic carbocycles. The Kier molecular flexibility index (Phi) is 5.30. The fraction of sp³-hybridized carbons (Fsp3) is 0.350. The van der Waals surface area contributed by atoms with Gasteiger partial charge in [-0.3, -0.25) is 9.69 Å². The molecule has 0 unspecified atom stereocenters. The summed E-state index contributed by atoms with van der Waals surface area (Å²) in [6.45, 7) is 1.81. The number of ether oxygens (including phenoxy) is 1. The average molecular weight is 416 g/mol. The van der Waals surface area contributed by atoms with Crippen LogP contribution in [0.5, 0.6) is 0 Å². The molecule has 2 aliphatic heterocycles. The van der Waals surface area contributed by atoms with Crippen molar-refractivity contribution in [3.8, 4) is 0 Å². The van der Waals surface area contributed by atoms with E-state index in [9.17, 15) is 18.8 Å². The highest BCUT2D eigenvalue weighted by Crippen LogP contribution is 2.28. The van der Waals surface area contributed by atoms with E-state index in [0.717, 1.165) is 0 Å². The van der Waals surface area contributed by atoms with Gasteiger partial charge >= 0.3 is 12.2 Å². The molecule has 1 aromatic heterocycles. The first-order valence-electron chi connectivity index (χ1n) is 9.58. The number of cyclic esters (lactones) is 1. The second kappa shape index (κ2) is 8.05. The first-order chi connectivity index (χ1) is 14.4. The Morgan fingerprint density at radius 3 is 2.57 bits per heavy atom. The summed E-state index contributed by atoms with van der Waals surface area (Å²) in [4.78, 5) is 39.6. The maximum Gasteiger partial charge on any atom is 0.414 e. The van der Waals surface area contributed by atoms with Crippen molar-refractivity contribution in [3.63, 3.8) is 0 Å². The fourth-order valence-electron chi connectivity index (χ4n) is 3.72. The summed E-state index contributed by atoms with van der Waals surface area (Å²) in [6, 6.07) is 9.29. The van der Waals surface area contributed by atoms with Gasteiger partial charge in [0.05, 0.1) is 24.5 Å². The fourth-order valence-corrected chi connectivity index (χ4v) is 3.72. The quantitative estimate of drug-likeness (QED) is 0.817. The van der Waals surface area contributed by atoms with Gasteiger partial charge in [0.15, 0.2) is 0 Å². The molecule has 2 amide bonds. The highest BCUT2D eigenvalue weighted by atomic mass is 19.1. The molecule has 2 fully saturated rings. The summed E-state index contributed by atoms with van der Waals surface area (Å²) in [5.74, 6) is -0.494. The average Bonchev–Trinajstić information content (AvgIpc) is 3.10. The molecule has 1 atom stereocenters. The molecule has 4 rings (SSSR count). The summed E-state index contributed by atoms with van der Waals surface area (Å²) in [7, 11) is 0. The maximum atomic E-state index is 14.8. The third-order valence-corrected chi connectivity index (χ3v) is 5.31. The second-order valence-electron chi connectivity index (χ2n) is 7.20. The van der Waals surface area contributed by atoms with Crippen LogP contribution in [0.15, 0.2) is 47.4 Å². The van der Waals surface area contributed by atoms with Gasteiger partial charge in [-0.25, -0.2) is 14.0 Å². The summed E-state index contributed by atoms with van der Waals surface area (Å²) in [5, 5.41) is 9.03. The van der Waals surface area contributed by atoms with Crippen molar-refractivity contribution in [1.82, 2.24) is 9.47 Å². The smallest absolute Gasteiger partial charge is 0.414 e. The zero-order valence-electron chi connectivity index (χ0n) is 16.1. The Morgan fingerprint density at radius 2 is 1.90 bits per heavy atom. The van der Waals surface area contributed by atoms with Gasteiger partial charge in [0.1, 0.15) is 11.9 Å². The summed E-state index contributed by atoms with van der Waals surface area (Å²) in [5.41, 5.74) is 0.544. The molecular formula is C20H21FN4O5. The minimum Gasteiger partial charge on any atom is -0.465 e. The number of carbonyl (C=O) groups is 2. The van der Waals surface area contributed by atoms with Crippen LogP contribution in [-0.4, -0.2) is 65.6 Å². The van der Waals surface area contributed by atoms with Gasteiger partial charge in [0, 0.05) is 38.4 Å². The van der Waals surface area contributed by atoms with E-state index < -0.39 is 24.1 Å². The summed E-state index contributed by atoms with van der Waals surface area (Å²) in [6.07, 6.45) is -0.474. The largest absolute Gasteiger partial charge is 0.465 e. The van der Waals surface area contributed by atoms with Crippen molar-refractivity contribution in [1.29, 1.82) is 0 Å². The number of nitrogens with zero attached hydrogens (tertiary/aromatic N) is 4. The third kappa shape index (κ3) is 3.93. The lowest BCUT2D eigenvalue weighted by molar-refractivity contribution is 0.131. The van der Waals surface area contributed by atoms with E-state index in [1.807, 2.05) is 0 Å². The van der Waals surface area contributed by atoms with Crippen LogP contribution in [0.1, 0.15) is 0 Å². The van der Waals surface area contributed by atoms with E-state index in [2.05, 4.69) is 0 Å². The molecule has 3 heterocycles. The number of carbonyl (C=O) groups excluding carboxylic acids is 1. The molecule has 2 aromatic rings. The van der Waals surface area contributed by atoms with Crippen LogP contribution >= 0.6 is 0 Å². The highest BCUT2D eigenvalue weighted by molar-refractivity contribution is 5.90. The van der Waals surface area contributed by atoms with Crippen molar-refractivity contribution in [3.05, 3.63) is 58.8 Å². The summed E-state index contributed by atoms with van der Waals surface area (Å²) < 4.78 is 21.6. The zero-order chi connectivity index (χ0) is 21.3. The number of amides is 2. The monoisotopic (exact) mass is 416 g/mol. The molecule has 30 heavy (non-hydrogen) atoms. The van der Waals surface area contributed by atoms with Crippen molar-refractivity contribution in [2.24, 2.45) is 0 Å². The number of benzene rings is 1. The van der Waals surface area contributed by atoms with Crippen LogP contribution in [0, 0.1) is 5.82 Å². The molecular weight excluding hydrogens is 395 g/mol. The number of aromatic nitrogens is 1. The summed E-state index contributed by atoms with van der Waals surface area (Å²) >= 11 is 0. The Balaban J connectivity index is 1.44. The van der Waals surface area contributed by atoms with Crippen molar-refractivity contribution in [2.45, 2.75) is 12.6 Å². The third-order valence-electron chi connectivity index (χ3n) is 5.31. The number of anilines is 2. The standard InChI is InChI=1S/C20H21FN4O5/c21-16-11-14(4-5-17(16)22-7-9-23(10-8-22)19(27)28)25-13-15(30-20(25)29)12-24-6-2-1-3-18(24)26/h1-6,11,15H,7-10,12-13H2,(H,27,28)/t15-/m0/s1. The van der Waals surface area contributed by atoms with Crippen LogP contribution in [0.2, 0.25) is 0 Å². The lowest BCUT2D eigenvalue weighted by atomic mass is 10.2. The zero-order valence-corrected chi connectivity index (χ0v) is 16.1. The van der Waals surface area contributed by atoms with Gasteiger partial charge in [-0.05, 0) is 24.3 Å². The Labute approximate surface area is 171 Å². The Hall–Kier alpha value is -3.56. The van der Waals surface area contributed by atoms with E-state index in [0.29, 0.717) is 37.6 Å². The minimum atomic E-state index is -0.981. The molecule has 1 N–H and O–H groups in total. The second-order valence-corrected chi connectivity index (χ2v) is 7.20. The van der Waals surface area contributed by atoms with Gasteiger partial charge < -0.3 is 24.2 Å². The molecule has 0 radical (unpaired) electrons. The number of carboxylic acid groups (broad SMARTS) is 1. The normalized spacial score (nSPS) is 19.2. The lowest BCUT2D eigenvalue weighted by Crippen LogP contribution is -2.48. The molecule has 0 saturated carbocycles. The number of piperazine rings is 1. The first-order valence-corrected chi connectivity index (χ1v) is 9.58. The molecule has 0 spiro atoms. The minimum absolute atomic E-state index is 0.189. The van der Waals surface area contributed by atoms with Gasteiger partial charge in [-0.15, -0.1) is 0 Å². The Bertz CT molecular complexity index is 1020.